The van der Waals surface area contributed by atoms with E-state index in [2.05, 4.69) is 19.2 Å². The number of nitrogens with one attached hydrogen (secondary N) is 1. The molecule has 0 aromatic heterocycles. The molecule has 0 rings (SSSR count). The summed E-state index contributed by atoms with van der Waals surface area (Å²) in [4.78, 5) is 0. The molecule has 1 nitrogen and oxygen atoms in total. The molecule has 0 aromatic rings. The zero-order valence-electron chi connectivity index (χ0n) is 17.2. The van der Waals surface area contributed by atoms with E-state index in [1.165, 1.54) is 116 Å². The van der Waals surface area contributed by atoms with E-state index in [4.69, 9.17) is 0 Å². The molecular formula is C20H44LiN. The number of unbranched alkanes of at least 4 members (excludes halogenated alkanes) is 14. The largest absolute Gasteiger partial charge is 1.00 e. The third-order valence-electron chi connectivity index (χ3n) is 4.41. The minimum atomic E-state index is 0. The Morgan fingerprint density at radius 2 is 0.727 bits per heavy atom. The molecule has 0 spiro atoms. The second kappa shape index (κ2) is 23.8. The molecule has 0 amide bonds. The second-order valence-corrected chi connectivity index (χ2v) is 6.70. The molecule has 130 valence electrons. The predicted octanol–water partition coefficient (Wildman–Crippen LogP) is 3.97. The molecule has 0 fully saturated rings. The van der Waals surface area contributed by atoms with Gasteiger partial charge in [-0.25, -0.2) is 0 Å². The fraction of sp³-hybridized carbons (Fsp3) is 1.00. The Labute approximate surface area is 155 Å². The molecule has 0 unspecified atom stereocenters. The van der Waals surface area contributed by atoms with Crippen LogP contribution >= 0.6 is 0 Å². The average Bonchev–Trinajstić information content (AvgIpc) is 2.50. The van der Waals surface area contributed by atoms with Gasteiger partial charge in [0.15, 0.2) is 0 Å². The first-order chi connectivity index (χ1) is 10.4. The van der Waals surface area contributed by atoms with Crippen LogP contribution in [0, 0.1) is 0 Å². The van der Waals surface area contributed by atoms with Crippen LogP contribution in [-0.2, 0) is 0 Å². The quantitative estimate of drug-likeness (QED) is 0.298. The molecule has 1 N–H and O–H groups in total. The topological polar surface area (TPSA) is 12.0 Å². The van der Waals surface area contributed by atoms with Gasteiger partial charge in [-0.15, -0.1) is 0 Å². The van der Waals surface area contributed by atoms with Crippen molar-refractivity contribution < 1.29 is 20.3 Å². The zero-order chi connectivity index (χ0) is 15.4. The van der Waals surface area contributed by atoms with Crippen LogP contribution in [0.1, 0.15) is 118 Å². The van der Waals surface area contributed by atoms with Gasteiger partial charge in [-0.1, -0.05) is 104 Å². The molecule has 0 radical (unpaired) electrons. The monoisotopic (exact) mass is 305 g/mol. The van der Waals surface area contributed by atoms with E-state index in [0.717, 1.165) is 0 Å². The molecule has 22 heavy (non-hydrogen) atoms. The number of rotatable bonds is 18. The van der Waals surface area contributed by atoms with E-state index in [9.17, 15) is 0 Å². The van der Waals surface area contributed by atoms with Crippen molar-refractivity contribution in [2.75, 3.05) is 13.1 Å². The molecule has 0 bridgehead atoms. The third kappa shape index (κ3) is 22.8. The van der Waals surface area contributed by atoms with Crippen molar-refractivity contribution >= 4 is 0 Å². The van der Waals surface area contributed by atoms with Crippen LogP contribution in [0.15, 0.2) is 0 Å². The predicted molar refractivity (Wildman–Crippen MR) is 99.2 cm³/mol. The van der Waals surface area contributed by atoms with Gasteiger partial charge in [-0.3, -0.25) is 0 Å². The van der Waals surface area contributed by atoms with Crippen LogP contribution in [0.4, 0.5) is 0 Å². The summed E-state index contributed by atoms with van der Waals surface area (Å²) in [5.74, 6) is 0. The van der Waals surface area contributed by atoms with Crippen molar-refractivity contribution in [3.8, 4) is 0 Å². The van der Waals surface area contributed by atoms with Crippen LogP contribution < -0.4 is 24.2 Å². The van der Waals surface area contributed by atoms with Crippen molar-refractivity contribution in [2.24, 2.45) is 0 Å². The Balaban J connectivity index is -0.00000200. The Hall–Kier alpha value is 0.557. The maximum absolute atomic E-state index is 3.61. The van der Waals surface area contributed by atoms with Gasteiger partial charge in [0.2, 0.25) is 0 Å². The summed E-state index contributed by atoms with van der Waals surface area (Å²) >= 11 is 0. The molecule has 0 saturated heterocycles. The summed E-state index contributed by atoms with van der Waals surface area (Å²) in [6.07, 6.45) is 22.8. The first-order valence-electron chi connectivity index (χ1n) is 10.1. The molecule has 0 aromatic carbocycles. The fourth-order valence-corrected chi connectivity index (χ4v) is 2.89. The fourth-order valence-electron chi connectivity index (χ4n) is 2.89. The SMILES string of the molecule is CCCCCCCCCCNCCCCCCCCCC.[H-].[Li+]. The molecule has 0 aliphatic rings. The van der Waals surface area contributed by atoms with Crippen LogP contribution in [-0.4, -0.2) is 13.1 Å². The summed E-state index contributed by atoms with van der Waals surface area (Å²) in [6, 6.07) is 0. The van der Waals surface area contributed by atoms with E-state index in [-0.39, 0.29) is 20.3 Å². The van der Waals surface area contributed by atoms with Crippen LogP contribution in [0.3, 0.4) is 0 Å². The summed E-state index contributed by atoms with van der Waals surface area (Å²) in [5, 5.41) is 3.61. The Bertz CT molecular complexity index is 161. The number of hydrogen-bond acceptors (Lipinski definition) is 1. The zero-order valence-corrected chi connectivity index (χ0v) is 16.2. The summed E-state index contributed by atoms with van der Waals surface area (Å²) in [7, 11) is 0. The Morgan fingerprint density at radius 3 is 1.05 bits per heavy atom. The molecule has 0 aliphatic carbocycles. The smallest absolute Gasteiger partial charge is 1.00 e. The van der Waals surface area contributed by atoms with Crippen molar-refractivity contribution in [2.45, 2.75) is 117 Å². The number of hydrogen-bond donors (Lipinski definition) is 1. The summed E-state index contributed by atoms with van der Waals surface area (Å²) < 4.78 is 0. The maximum Gasteiger partial charge on any atom is 1.00 e. The van der Waals surface area contributed by atoms with Gasteiger partial charge < -0.3 is 6.74 Å². The Morgan fingerprint density at radius 1 is 0.455 bits per heavy atom. The van der Waals surface area contributed by atoms with Crippen LogP contribution in [0.5, 0.6) is 0 Å². The first kappa shape index (κ1) is 24.8. The summed E-state index contributed by atoms with van der Waals surface area (Å²) in [6.45, 7) is 7.06. The van der Waals surface area contributed by atoms with Gasteiger partial charge in [-0.2, -0.15) is 0 Å². The Kier molecular flexibility index (Phi) is 26.9. The molecule has 0 aliphatic heterocycles. The van der Waals surface area contributed by atoms with Gasteiger partial charge in [0.05, 0.1) is 0 Å². The van der Waals surface area contributed by atoms with Crippen LogP contribution in [0.2, 0.25) is 0 Å². The van der Waals surface area contributed by atoms with Gasteiger partial charge in [0, 0.05) is 0 Å². The molecule has 0 atom stereocenters. The van der Waals surface area contributed by atoms with E-state index < -0.39 is 0 Å². The van der Waals surface area contributed by atoms with Gasteiger partial charge >= 0.3 is 18.9 Å². The summed E-state index contributed by atoms with van der Waals surface area (Å²) in [5.41, 5.74) is 0. The maximum atomic E-state index is 3.61. The van der Waals surface area contributed by atoms with Crippen molar-refractivity contribution in [3.05, 3.63) is 0 Å². The average molecular weight is 306 g/mol. The van der Waals surface area contributed by atoms with E-state index >= 15 is 0 Å². The van der Waals surface area contributed by atoms with Gasteiger partial charge in [0.25, 0.3) is 0 Å². The standard InChI is InChI=1S/C20H43N.Li.H/c1-3-5-7-9-11-13-15-17-19-21-20-18-16-14-12-10-8-6-4-2;;/h21H,3-20H2,1-2H3;;/q;+1;-1. The third-order valence-corrected chi connectivity index (χ3v) is 4.41. The van der Waals surface area contributed by atoms with Crippen molar-refractivity contribution in [3.63, 3.8) is 0 Å². The van der Waals surface area contributed by atoms with Gasteiger partial charge in [0.1, 0.15) is 0 Å². The van der Waals surface area contributed by atoms with Crippen molar-refractivity contribution in [1.82, 2.24) is 5.32 Å². The van der Waals surface area contributed by atoms with E-state index in [0.29, 0.717) is 0 Å². The first-order valence-corrected chi connectivity index (χ1v) is 10.1. The second-order valence-electron chi connectivity index (χ2n) is 6.70. The van der Waals surface area contributed by atoms with Gasteiger partial charge in [-0.05, 0) is 25.9 Å². The van der Waals surface area contributed by atoms with E-state index in [1.807, 2.05) is 0 Å². The van der Waals surface area contributed by atoms with Crippen molar-refractivity contribution in [1.29, 1.82) is 0 Å². The normalized spacial score (nSPS) is 10.6. The minimum Gasteiger partial charge on any atom is -1.00 e. The molecule has 2 heteroatoms. The van der Waals surface area contributed by atoms with E-state index in [1.54, 1.807) is 0 Å². The van der Waals surface area contributed by atoms with Crippen LogP contribution in [0.25, 0.3) is 0 Å². The molecule has 0 heterocycles. The molecule has 0 saturated carbocycles. The minimum absolute atomic E-state index is 0. The molecular weight excluding hydrogens is 261 g/mol.